The monoisotopic (exact) mass is 161 g/mol. The van der Waals surface area contributed by atoms with Crippen LogP contribution in [-0.2, 0) is 7.05 Å². The molecule has 0 aliphatic heterocycles. The summed E-state index contributed by atoms with van der Waals surface area (Å²) in [5.41, 5.74) is 1.98. The maximum atomic E-state index is 5.09. The third kappa shape index (κ3) is 0.942. The summed E-state index contributed by atoms with van der Waals surface area (Å²) in [6.45, 7) is 0. The Hall–Kier alpha value is -1.51. The molecule has 2 aromatic rings. The molecule has 1 radical (unpaired) electrons. The van der Waals surface area contributed by atoms with Crippen LogP contribution in [-0.4, -0.2) is 16.7 Å². The Bertz CT molecular complexity index is 406. The van der Waals surface area contributed by atoms with Crippen molar-refractivity contribution in [2.75, 3.05) is 7.11 Å². The first-order chi connectivity index (χ1) is 5.81. The van der Waals surface area contributed by atoms with Gasteiger partial charge in [-0.3, -0.25) is 0 Å². The van der Waals surface area contributed by atoms with Crippen molar-refractivity contribution in [3.05, 3.63) is 24.5 Å². The zero-order valence-corrected chi connectivity index (χ0v) is 7.03. The van der Waals surface area contributed by atoms with Gasteiger partial charge in [0.25, 0.3) is 0 Å². The second kappa shape index (κ2) is 2.52. The van der Waals surface area contributed by atoms with Crippen molar-refractivity contribution >= 4 is 11.0 Å². The molecule has 3 heteroatoms. The Labute approximate surface area is 70.6 Å². The number of methoxy groups -OCH3 is 1. The molecule has 0 unspecified atom stereocenters. The van der Waals surface area contributed by atoms with Gasteiger partial charge in [-0.25, -0.2) is 4.98 Å². The van der Waals surface area contributed by atoms with Crippen LogP contribution in [0.5, 0.6) is 5.75 Å². The maximum Gasteiger partial charge on any atom is 0.177 e. The van der Waals surface area contributed by atoms with E-state index in [1.807, 2.05) is 29.8 Å². The van der Waals surface area contributed by atoms with E-state index in [2.05, 4.69) is 11.3 Å². The summed E-state index contributed by atoms with van der Waals surface area (Å²) in [6, 6.07) is 5.76. The van der Waals surface area contributed by atoms with Gasteiger partial charge < -0.3 is 9.30 Å². The van der Waals surface area contributed by atoms with Gasteiger partial charge in [0.15, 0.2) is 6.33 Å². The molecule has 0 atom stereocenters. The molecule has 1 aromatic carbocycles. The molecule has 2 rings (SSSR count). The van der Waals surface area contributed by atoms with Crippen LogP contribution in [0.4, 0.5) is 0 Å². The fourth-order valence-corrected chi connectivity index (χ4v) is 1.18. The predicted octanol–water partition coefficient (Wildman–Crippen LogP) is 1.38. The molecule has 0 aliphatic rings. The van der Waals surface area contributed by atoms with Gasteiger partial charge >= 0.3 is 0 Å². The van der Waals surface area contributed by atoms with Gasteiger partial charge in [-0.15, -0.1) is 0 Å². The number of nitrogens with zero attached hydrogens (tertiary/aromatic N) is 2. The average molecular weight is 161 g/mol. The highest BCUT2D eigenvalue weighted by Gasteiger charge is 2.00. The molecule has 1 aromatic heterocycles. The van der Waals surface area contributed by atoms with Crippen LogP contribution in [0.2, 0.25) is 0 Å². The third-order valence-corrected chi connectivity index (χ3v) is 1.86. The van der Waals surface area contributed by atoms with Crippen LogP contribution < -0.4 is 4.74 Å². The van der Waals surface area contributed by atoms with Crippen molar-refractivity contribution in [3.63, 3.8) is 0 Å². The number of imidazole rings is 1. The molecule has 0 saturated heterocycles. The number of hydrogen-bond acceptors (Lipinski definition) is 2. The number of fused-ring (bicyclic) bond motifs is 1. The van der Waals surface area contributed by atoms with Crippen LogP contribution in [0.1, 0.15) is 0 Å². The highest BCUT2D eigenvalue weighted by atomic mass is 16.5. The van der Waals surface area contributed by atoms with Crippen LogP contribution in [0, 0.1) is 6.33 Å². The quantitative estimate of drug-likeness (QED) is 0.631. The Morgan fingerprint density at radius 1 is 1.50 bits per heavy atom. The number of aryl methyl sites for hydroxylation is 1. The Morgan fingerprint density at radius 2 is 2.33 bits per heavy atom. The lowest BCUT2D eigenvalue weighted by Gasteiger charge is -1.99. The SMILES string of the molecule is COc1ccc2n[c]n(C)c2c1. The zero-order chi connectivity index (χ0) is 8.55. The first kappa shape index (κ1) is 7.16. The Kier molecular flexibility index (Phi) is 1.50. The highest BCUT2D eigenvalue weighted by molar-refractivity contribution is 5.76. The summed E-state index contributed by atoms with van der Waals surface area (Å²) >= 11 is 0. The van der Waals surface area contributed by atoms with Crippen molar-refractivity contribution in [1.82, 2.24) is 9.55 Å². The molecule has 0 saturated carbocycles. The van der Waals surface area contributed by atoms with E-state index in [1.54, 1.807) is 7.11 Å². The van der Waals surface area contributed by atoms with Gasteiger partial charge in [-0.1, -0.05) is 0 Å². The number of rotatable bonds is 1. The lowest BCUT2D eigenvalue weighted by atomic mass is 10.3. The fraction of sp³-hybridized carbons (Fsp3) is 0.222. The van der Waals surface area contributed by atoms with E-state index in [-0.39, 0.29) is 0 Å². The minimum atomic E-state index is 0.847. The first-order valence-electron chi connectivity index (χ1n) is 3.69. The molecule has 0 bridgehead atoms. The van der Waals surface area contributed by atoms with Crippen LogP contribution in [0.3, 0.4) is 0 Å². The smallest absolute Gasteiger partial charge is 0.177 e. The van der Waals surface area contributed by atoms with Crippen molar-refractivity contribution in [2.24, 2.45) is 7.05 Å². The van der Waals surface area contributed by atoms with E-state index < -0.39 is 0 Å². The standard InChI is InChI=1S/C9H9N2O/c1-11-6-10-8-4-3-7(12-2)5-9(8)11/h3-5H,1-2H3. The molecule has 0 fully saturated rings. The topological polar surface area (TPSA) is 27.1 Å². The first-order valence-corrected chi connectivity index (χ1v) is 3.69. The zero-order valence-electron chi connectivity index (χ0n) is 7.03. The normalized spacial score (nSPS) is 10.5. The van der Waals surface area contributed by atoms with Crippen molar-refractivity contribution in [3.8, 4) is 5.75 Å². The van der Waals surface area contributed by atoms with Crippen molar-refractivity contribution < 1.29 is 4.74 Å². The highest BCUT2D eigenvalue weighted by Crippen LogP contribution is 2.18. The van der Waals surface area contributed by atoms with Crippen molar-refractivity contribution in [2.45, 2.75) is 0 Å². The van der Waals surface area contributed by atoms with Gasteiger partial charge in [0, 0.05) is 13.1 Å². The molecule has 1 heterocycles. The van der Waals surface area contributed by atoms with Gasteiger partial charge in [-0.2, -0.15) is 0 Å². The summed E-state index contributed by atoms with van der Waals surface area (Å²) in [4.78, 5) is 4.08. The largest absolute Gasteiger partial charge is 0.497 e. The van der Waals surface area contributed by atoms with E-state index in [0.29, 0.717) is 0 Å². The fourth-order valence-electron chi connectivity index (χ4n) is 1.18. The second-order valence-electron chi connectivity index (χ2n) is 2.63. The number of ether oxygens (including phenoxy) is 1. The molecule has 0 spiro atoms. The predicted molar refractivity (Wildman–Crippen MR) is 46.1 cm³/mol. The average Bonchev–Trinajstić information content (AvgIpc) is 2.47. The minimum absolute atomic E-state index is 0.847. The summed E-state index contributed by atoms with van der Waals surface area (Å²) in [5, 5.41) is 0. The van der Waals surface area contributed by atoms with Gasteiger partial charge in [-0.05, 0) is 12.1 Å². The van der Waals surface area contributed by atoms with Crippen molar-refractivity contribution in [1.29, 1.82) is 0 Å². The summed E-state index contributed by atoms with van der Waals surface area (Å²) in [5.74, 6) is 0.847. The molecule has 0 aliphatic carbocycles. The minimum Gasteiger partial charge on any atom is -0.497 e. The summed E-state index contributed by atoms with van der Waals surface area (Å²) < 4.78 is 6.94. The van der Waals surface area contributed by atoms with Crippen LogP contribution in [0.15, 0.2) is 18.2 Å². The Balaban J connectivity index is 2.71. The molecule has 61 valence electrons. The molecule has 12 heavy (non-hydrogen) atoms. The van der Waals surface area contributed by atoms with E-state index in [9.17, 15) is 0 Å². The van der Waals surface area contributed by atoms with Gasteiger partial charge in [0.1, 0.15) is 5.75 Å². The van der Waals surface area contributed by atoms with Crippen LogP contribution >= 0.6 is 0 Å². The molecule has 0 N–H and O–H groups in total. The Morgan fingerprint density at radius 3 is 3.08 bits per heavy atom. The molecule has 0 amide bonds. The van der Waals surface area contributed by atoms with Gasteiger partial charge in [0.2, 0.25) is 0 Å². The lowest BCUT2D eigenvalue weighted by Crippen LogP contribution is -1.86. The van der Waals surface area contributed by atoms with Crippen LogP contribution in [0.25, 0.3) is 11.0 Å². The van der Waals surface area contributed by atoms with E-state index in [0.717, 1.165) is 16.8 Å². The number of benzene rings is 1. The lowest BCUT2D eigenvalue weighted by molar-refractivity contribution is 0.415. The van der Waals surface area contributed by atoms with E-state index in [1.165, 1.54) is 0 Å². The molecule has 3 nitrogen and oxygen atoms in total. The second-order valence-corrected chi connectivity index (χ2v) is 2.63. The molecular formula is C9H9N2O. The van der Waals surface area contributed by atoms with E-state index >= 15 is 0 Å². The summed E-state index contributed by atoms with van der Waals surface area (Å²) in [7, 11) is 3.57. The van der Waals surface area contributed by atoms with E-state index in [4.69, 9.17) is 4.74 Å². The number of hydrogen-bond donors (Lipinski definition) is 0. The summed E-state index contributed by atoms with van der Waals surface area (Å²) in [6.07, 6.45) is 2.84. The number of aromatic nitrogens is 2. The molecular weight excluding hydrogens is 152 g/mol. The maximum absolute atomic E-state index is 5.09. The third-order valence-electron chi connectivity index (χ3n) is 1.86. The van der Waals surface area contributed by atoms with Gasteiger partial charge in [0.05, 0.1) is 18.1 Å².